The molecule has 0 aliphatic heterocycles. The summed E-state index contributed by atoms with van der Waals surface area (Å²) in [4.78, 5) is 11.1. The Hall–Kier alpha value is -2.41. The lowest BCUT2D eigenvalue weighted by molar-refractivity contribution is 0.0689. The molecular weight excluding hydrogens is 262 g/mol. The number of benzene rings is 1. The highest BCUT2D eigenvalue weighted by Crippen LogP contribution is 2.16. The molecule has 0 aliphatic rings. The summed E-state index contributed by atoms with van der Waals surface area (Å²) in [5.41, 5.74) is 1.29. The number of aromatic nitrogens is 3. The molecule has 0 amide bonds. The van der Waals surface area contributed by atoms with Gasteiger partial charge in [0.25, 0.3) is 0 Å². The van der Waals surface area contributed by atoms with E-state index in [1.165, 1.54) is 4.68 Å². The second kappa shape index (κ2) is 6.16. The van der Waals surface area contributed by atoms with Gasteiger partial charge in [-0.05, 0) is 17.7 Å². The molecule has 0 atom stereocenters. The monoisotopic (exact) mass is 277 g/mol. The highest BCUT2D eigenvalue weighted by molar-refractivity contribution is 5.86. The summed E-state index contributed by atoms with van der Waals surface area (Å²) in [5.74, 6) is -0.396. The maximum Gasteiger partial charge on any atom is 0.358 e. The molecule has 1 aromatic heterocycles. The van der Waals surface area contributed by atoms with Crippen molar-refractivity contribution in [3.05, 3.63) is 41.2 Å². The molecule has 0 radical (unpaired) electrons. The minimum absolute atomic E-state index is 0.0886. The molecule has 2 N–H and O–H groups in total. The first-order valence-corrected chi connectivity index (χ1v) is 6.05. The zero-order chi connectivity index (χ0) is 14.5. The minimum atomic E-state index is -1.13. The summed E-state index contributed by atoms with van der Waals surface area (Å²) in [7, 11) is 1.58. The summed E-state index contributed by atoms with van der Waals surface area (Å²) < 4.78 is 6.48. The third-order valence-electron chi connectivity index (χ3n) is 2.88. The number of aliphatic hydroxyl groups excluding tert-OH is 1. The van der Waals surface area contributed by atoms with Crippen molar-refractivity contribution in [1.82, 2.24) is 15.0 Å². The molecule has 2 aromatic rings. The normalized spacial score (nSPS) is 10.5. The van der Waals surface area contributed by atoms with Crippen molar-refractivity contribution < 1.29 is 19.7 Å². The van der Waals surface area contributed by atoms with Crippen LogP contribution in [0, 0.1) is 0 Å². The van der Waals surface area contributed by atoms with Gasteiger partial charge >= 0.3 is 5.97 Å². The Balaban J connectivity index is 2.30. The fourth-order valence-electron chi connectivity index (χ4n) is 1.88. The highest BCUT2D eigenvalue weighted by atomic mass is 16.5. The van der Waals surface area contributed by atoms with Crippen LogP contribution in [0.2, 0.25) is 0 Å². The molecule has 7 heteroatoms. The fourth-order valence-corrected chi connectivity index (χ4v) is 1.88. The number of aliphatic hydroxyl groups is 1. The number of nitrogens with zero attached hydrogens (tertiary/aromatic N) is 3. The second-order valence-electron chi connectivity index (χ2n) is 4.16. The van der Waals surface area contributed by atoms with Crippen LogP contribution < -0.4 is 4.74 Å². The van der Waals surface area contributed by atoms with E-state index < -0.39 is 5.97 Å². The number of carbonyl (C=O) groups is 1. The van der Waals surface area contributed by atoms with Crippen LogP contribution in [-0.2, 0) is 13.0 Å². The smallest absolute Gasteiger partial charge is 0.358 e. The third kappa shape index (κ3) is 2.94. The van der Waals surface area contributed by atoms with E-state index in [1.54, 1.807) is 19.2 Å². The Kier molecular flexibility index (Phi) is 4.31. The van der Waals surface area contributed by atoms with E-state index in [0.717, 1.165) is 11.3 Å². The lowest BCUT2D eigenvalue weighted by Crippen LogP contribution is -2.11. The first kappa shape index (κ1) is 14.0. The molecule has 20 heavy (non-hydrogen) atoms. The molecule has 1 heterocycles. The molecule has 7 nitrogen and oxygen atoms in total. The highest BCUT2D eigenvalue weighted by Gasteiger charge is 2.18. The van der Waals surface area contributed by atoms with Crippen molar-refractivity contribution >= 4 is 5.97 Å². The molecule has 0 bridgehead atoms. The van der Waals surface area contributed by atoms with E-state index >= 15 is 0 Å². The Morgan fingerprint density at radius 2 is 2.05 bits per heavy atom. The van der Waals surface area contributed by atoms with Gasteiger partial charge in [0.2, 0.25) is 0 Å². The minimum Gasteiger partial charge on any atom is -0.497 e. The molecule has 0 unspecified atom stereocenters. The molecular formula is C13H15N3O4. The van der Waals surface area contributed by atoms with Crippen molar-refractivity contribution in [3.63, 3.8) is 0 Å². The zero-order valence-electron chi connectivity index (χ0n) is 11.0. The van der Waals surface area contributed by atoms with Crippen molar-refractivity contribution in [3.8, 4) is 5.75 Å². The number of rotatable bonds is 6. The Morgan fingerprint density at radius 3 is 2.60 bits per heavy atom. The number of carboxylic acid groups (broad SMARTS) is 1. The summed E-state index contributed by atoms with van der Waals surface area (Å²) >= 11 is 0. The summed E-state index contributed by atoms with van der Waals surface area (Å²) in [6.45, 7) is 0.0871. The number of carboxylic acids is 1. The van der Waals surface area contributed by atoms with Gasteiger partial charge in [-0.25, -0.2) is 9.48 Å². The SMILES string of the molecule is COc1ccc(Cc2c(C(=O)O)nnn2CCO)cc1. The van der Waals surface area contributed by atoms with Crippen LogP contribution in [0.3, 0.4) is 0 Å². The van der Waals surface area contributed by atoms with Crippen LogP contribution in [0.1, 0.15) is 21.7 Å². The quantitative estimate of drug-likeness (QED) is 0.801. The summed E-state index contributed by atoms with van der Waals surface area (Å²) in [6, 6.07) is 7.30. The van der Waals surface area contributed by atoms with E-state index in [0.29, 0.717) is 12.1 Å². The molecule has 0 spiro atoms. The molecule has 0 saturated carbocycles. The van der Waals surface area contributed by atoms with Crippen LogP contribution in [0.25, 0.3) is 0 Å². The Morgan fingerprint density at radius 1 is 1.35 bits per heavy atom. The van der Waals surface area contributed by atoms with Gasteiger partial charge in [-0.15, -0.1) is 5.10 Å². The van der Waals surface area contributed by atoms with Crippen molar-refractivity contribution in [2.75, 3.05) is 13.7 Å². The predicted molar refractivity (Wildman–Crippen MR) is 69.9 cm³/mol. The van der Waals surface area contributed by atoms with Crippen molar-refractivity contribution in [1.29, 1.82) is 0 Å². The molecule has 0 aliphatic carbocycles. The van der Waals surface area contributed by atoms with Crippen LogP contribution in [-0.4, -0.2) is 44.9 Å². The van der Waals surface area contributed by atoms with Gasteiger partial charge in [0.1, 0.15) is 5.75 Å². The van der Waals surface area contributed by atoms with E-state index in [1.807, 2.05) is 12.1 Å². The lowest BCUT2D eigenvalue weighted by Gasteiger charge is -2.06. The van der Waals surface area contributed by atoms with Crippen molar-refractivity contribution in [2.24, 2.45) is 0 Å². The third-order valence-corrected chi connectivity index (χ3v) is 2.88. The number of hydrogen-bond acceptors (Lipinski definition) is 5. The largest absolute Gasteiger partial charge is 0.497 e. The number of ether oxygens (including phenoxy) is 1. The number of hydrogen-bond donors (Lipinski definition) is 2. The van der Waals surface area contributed by atoms with Gasteiger partial charge in [0.15, 0.2) is 5.69 Å². The van der Waals surface area contributed by atoms with Gasteiger partial charge in [0.05, 0.1) is 26.0 Å². The predicted octanol–water partition coefficient (Wildman–Crippen LogP) is 0.568. The zero-order valence-corrected chi connectivity index (χ0v) is 11.0. The Bertz CT molecular complexity index is 592. The van der Waals surface area contributed by atoms with Gasteiger partial charge < -0.3 is 14.9 Å². The molecule has 0 fully saturated rings. The van der Waals surface area contributed by atoms with E-state index in [-0.39, 0.29) is 18.8 Å². The standard InChI is InChI=1S/C13H15N3O4/c1-20-10-4-2-9(3-5-10)8-11-12(13(18)19)14-15-16(11)6-7-17/h2-5,17H,6-8H2,1H3,(H,18,19). The lowest BCUT2D eigenvalue weighted by atomic mass is 10.1. The van der Waals surface area contributed by atoms with E-state index in [2.05, 4.69) is 10.3 Å². The first-order valence-electron chi connectivity index (χ1n) is 6.05. The summed E-state index contributed by atoms with van der Waals surface area (Å²) in [6.07, 6.45) is 0.374. The van der Waals surface area contributed by atoms with E-state index in [9.17, 15) is 4.79 Å². The van der Waals surface area contributed by atoms with Crippen LogP contribution in [0.5, 0.6) is 5.75 Å². The Labute approximate surface area is 115 Å². The molecule has 0 saturated heterocycles. The topological polar surface area (TPSA) is 97.5 Å². The molecule has 106 valence electrons. The van der Waals surface area contributed by atoms with Crippen LogP contribution in [0.4, 0.5) is 0 Å². The van der Waals surface area contributed by atoms with E-state index in [4.69, 9.17) is 14.9 Å². The second-order valence-corrected chi connectivity index (χ2v) is 4.16. The van der Waals surface area contributed by atoms with Gasteiger partial charge in [-0.3, -0.25) is 0 Å². The maximum atomic E-state index is 11.1. The first-order chi connectivity index (χ1) is 9.65. The summed E-state index contributed by atoms with van der Waals surface area (Å²) in [5, 5.41) is 25.5. The molecule has 2 rings (SSSR count). The molecule has 1 aromatic carbocycles. The van der Waals surface area contributed by atoms with Crippen molar-refractivity contribution in [2.45, 2.75) is 13.0 Å². The van der Waals surface area contributed by atoms with Gasteiger partial charge in [-0.1, -0.05) is 17.3 Å². The average Bonchev–Trinajstić information content (AvgIpc) is 2.83. The fraction of sp³-hybridized carbons (Fsp3) is 0.308. The average molecular weight is 277 g/mol. The van der Waals surface area contributed by atoms with Crippen LogP contribution >= 0.6 is 0 Å². The van der Waals surface area contributed by atoms with Crippen LogP contribution in [0.15, 0.2) is 24.3 Å². The number of methoxy groups -OCH3 is 1. The van der Waals surface area contributed by atoms with Gasteiger partial charge in [-0.2, -0.15) is 0 Å². The van der Waals surface area contributed by atoms with Gasteiger partial charge in [0, 0.05) is 6.42 Å². The number of aromatic carboxylic acids is 1. The maximum absolute atomic E-state index is 11.1.